The largest absolute Gasteiger partial charge is 0.351 e. The van der Waals surface area contributed by atoms with Gasteiger partial charge in [-0.2, -0.15) is 0 Å². The summed E-state index contributed by atoms with van der Waals surface area (Å²) in [7, 11) is -3.32. The van der Waals surface area contributed by atoms with Crippen molar-refractivity contribution in [1.29, 1.82) is 0 Å². The van der Waals surface area contributed by atoms with Gasteiger partial charge < -0.3 is 5.32 Å². The van der Waals surface area contributed by atoms with Gasteiger partial charge in [0.05, 0.1) is 11.9 Å². The molecule has 5 nitrogen and oxygen atoms in total. The first-order valence-corrected chi connectivity index (χ1v) is 9.96. The summed E-state index contributed by atoms with van der Waals surface area (Å²) in [4.78, 5) is 16.3. The van der Waals surface area contributed by atoms with Gasteiger partial charge in [0.25, 0.3) is 5.91 Å². The van der Waals surface area contributed by atoms with Crippen molar-refractivity contribution in [2.45, 2.75) is 49.8 Å². The van der Waals surface area contributed by atoms with E-state index in [1.807, 2.05) is 0 Å². The standard InChI is InChI=1S/C14H22N2O3S2/c1-2-21(18,19)14-16-10-12(20-14)13(17)15-9-11-7-5-3-4-6-8-11/h10-11H,2-9H2,1H3,(H,15,17). The lowest BCUT2D eigenvalue weighted by molar-refractivity contribution is 0.0949. The molecule has 1 aromatic heterocycles. The highest BCUT2D eigenvalue weighted by Gasteiger charge is 2.20. The third kappa shape index (κ3) is 4.51. The topological polar surface area (TPSA) is 76.1 Å². The highest BCUT2D eigenvalue weighted by molar-refractivity contribution is 7.93. The van der Waals surface area contributed by atoms with Gasteiger partial charge in [-0.15, -0.1) is 0 Å². The van der Waals surface area contributed by atoms with Crippen LogP contribution < -0.4 is 5.32 Å². The van der Waals surface area contributed by atoms with Gasteiger partial charge in [-0.3, -0.25) is 4.79 Å². The average molecular weight is 330 g/mol. The summed E-state index contributed by atoms with van der Waals surface area (Å²) < 4.78 is 23.4. The quantitative estimate of drug-likeness (QED) is 0.842. The van der Waals surface area contributed by atoms with Gasteiger partial charge >= 0.3 is 0 Å². The minimum Gasteiger partial charge on any atom is -0.351 e. The molecule has 21 heavy (non-hydrogen) atoms. The molecule has 1 aromatic rings. The molecule has 0 atom stereocenters. The first kappa shape index (κ1) is 16.4. The molecule has 0 aromatic carbocycles. The van der Waals surface area contributed by atoms with E-state index in [1.165, 1.54) is 44.7 Å². The van der Waals surface area contributed by atoms with Crippen LogP contribution in [0.1, 0.15) is 55.1 Å². The van der Waals surface area contributed by atoms with E-state index in [2.05, 4.69) is 10.3 Å². The molecule has 118 valence electrons. The molecule has 1 aliphatic rings. The number of rotatable bonds is 5. The average Bonchev–Trinajstić information content (AvgIpc) is 2.84. The smallest absolute Gasteiger partial charge is 0.263 e. The Kier molecular flexibility index (Phi) is 5.75. The van der Waals surface area contributed by atoms with E-state index in [9.17, 15) is 13.2 Å². The number of hydrogen-bond acceptors (Lipinski definition) is 5. The minimum atomic E-state index is -3.32. The molecule has 1 amide bonds. The number of nitrogens with zero attached hydrogens (tertiary/aromatic N) is 1. The predicted molar refractivity (Wildman–Crippen MR) is 83.4 cm³/mol. The number of amides is 1. The van der Waals surface area contributed by atoms with E-state index < -0.39 is 9.84 Å². The second-order valence-corrected chi connectivity index (χ2v) is 8.94. The van der Waals surface area contributed by atoms with Crippen molar-refractivity contribution in [3.8, 4) is 0 Å². The molecular weight excluding hydrogens is 308 g/mol. The SMILES string of the molecule is CCS(=O)(=O)c1ncc(C(=O)NCC2CCCCCC2)s1. The third-order valence-corrected chi connectivity index (χ3v) is 7.08. The Morgan fingerprint density at radius 1 is 1.33 bits per heavy atom. The van der Waals surface area contributed by atoms with Crippen molar-refractivity contribution < 1.29 is 13.2 Å². The lowest BCUT2D eigenvalue weighted by Crippen LogP contribution is -2.28. The number of carbonyl (C=O) groups excluding carboxylic acids is 1. The summed E-state index contributed by atoms with van der Waals surface area (Å²) in [6.45, 7) is 2.25. The molecule has 0 aliphatic heterocycles. The van der Waals surface area contributed by atoms with Crippen LogP contribution in [0.4, 0.5) is 0 Å². The van der Waals surface area contributed by atoms with E-state index in [0.29, 0.717) is 17.3 Å². The Hall–Kier alpha value is -0.950. The van der Waals surface area contributed by atoms with Crippen molar-refractivity contribution in [3.05, 3.63) is 11.1 Å². The molecule has 0 saturated heterocycles. The van der Waals surface area contributed by atoms with Gasteiger partial charge in [0.2, 0.25) is 14.2 Å². The third-order valence-electron chi connectivity index (χ3n) is 3.88. The maximum atomic E-state index is 12.1. The summed E-state index contributed by atoms with van der Waals surface area (Å²) in [5.74, 6) is 0.335. The van der Waals surface area contributed by atoms with Gasteiger partial charge in [0.1, 0.15) is 4.88 Å². The van der Waals surface area contributed by atoms with Crippen LogP contribution >= 0.6 is 11.3 Å². The Bertz CT molecular complexity index is 573. The fraction of sp³-hybridized carbons (Fsp3) is 0.714. The maximum Gasteiger partial charge on any atom is 0.263 e. The second kappa shape index (κ2) is 7.35. The van der Waals surface area contributed by atoms with Crippen molar-refractivity contribution in [2.24, 2.45) is 5.92 Å². The van der Waals surface area contributed by atoms with Crippen molar-refractivity contribution in [1.82, 2.24) is 10.3 Å². The Balaban J connectivity index is 1.91. The fourth-order valence-corrected chi connectivity index (χ4v) is 4.68. The second-order valence-electron chi connectivity index (χ2n) is 5.46. The molecular formula is C14H22N2O3S2. The predicted octanol–water partition coefficient (Wildman–Crippen LogP) is 2.64. The van der Waals surface area contributed by atoms with Gasteiger partial charge in [-0.25, -0.2) is 13.4 Å². The number of aromatic nitrogens is 1. The fourth-order valence-electron chi connectivity index (χ4n) is 2.52. The molecule has 0 radical (unpaired) electrons. The molecule has 0 spiro atoms. The lowest BCUT2D eigenvalue weighted by Gasteiger charge is -2.14. The summed E-state index contributed by atoms with van der Waals surface area (Å²) in [6.07, 6.45) is 8.74. The minimum absolute atomic E-state index is 0.00362. The molecule has 1 aliphatic carbocycles. The van der Waals surface area contributed by atoms with Crippen molar-refractivity contribution >= 4 is 27.1 Å². The normalized spacial score (nSPS) is 17.4. The number of thiazole rings is 1. The zero-order chi connectivity index (χ0) is 15.3. The van der Waals surface area contributed by atoms with E-state index >= 15 is 0 Å². The highest BCUT2D eigenvalue weighted by atomic mass is 32.2. The zero-order valence-electron chi connectivity index (χ0n) is 12.3. The molecule has 7 heteroatoms. The first-order valence-electron chi connectivity index (χ1n) is 7.49. The molecule has 1 saturated carbocycles. The van der Waals surface area contributed by atoms with Gasteiger partial charge in [-0.05, 0) is 18.8 Å². The van der Waals surface area contributed by atoms with Crippen LogP contribution in [0.5, 0.6) is 0 Å². The summed E-state index contributed by atoms with van der Waals surface area (Å²) in [6, 6.07) is 0. The lowest BCUT2D eigenvalue weighted by atomic mass is 10.0. The van der Waals surface area contributed by atoms with Gasteiger partial charge in [-0.1, -0.05) is 43.9 Å². The molecule has 0 bridgehead atoms. The summed E-state index contributed by atoms with van der Waals surface area (Å²) >= 11 is 0.952. The molecule has 2 rings (SSSR count). The van der Waals surface area contributed by atoms with Crippen LogP contribution in [0.2, 0.25) is 0 Å². The Labute approximate surface area is 130 Å². The molecule has 1 fully saturated rings. The van der Waals surface area contributed by atoms with Crippen LogP contribution in [0.25, 0.3) is 0 Å². The number of hydrogen-bond donors (Lipinski definition) is 1. The van der Waals surface area contributed by atoms with Crippen LogP contribution in [0.15, 0.2) is 10.5 Å². The molecule has 0 unspecified atom stereocenters. The number of carbonyl (C=O) groups is 1. The van der Waals surface area contributed by atoms with Crippen LogP contribution in [-0.4, -0.2) is 31.6 Å². The number of nitrogens with one attached hydrogen (secondary N) is 1. The maximum absolute atomic E-state index is 12.1. The highest BCUT2D eigenvalue weighted by Crippen LogP contribution is 2.23. The van der Waals surface area contributed by atoms with Crippen molar-refractivity contribution in [3.63, 3.8) is 0 Å². The van der Waals surface area contributed by atoms with Crippen LogP contribution in [0.3, 0.4) is 0 Å². The van der Waals surface area contributed by atoms with E-state index in [4.69, 9.17) is 0 Å². The summed E-state index contributed by atoms with van der Waals surface area (Å²) in [5.41, 5.74) is 0. The van der Waals surface area contributed by atoms with E-state index in [0.717, 1.165) is 11.3 Å². The molecule has 1 heterocycles. The Morgan fingerprint density at radius 3 is 2.62 bits per heavy atom. The zero-order valence-corrected chi connectivity index (χ0v) is 13.9. The van der Waals surface area contributed by atoms with Crippen molar-refractivity contribution in [2.75, 3.05) is 12.3 Å². The monoisotopic (exact) mass is 330 g/mol. The van der Waals surface area contributed by atoms with Gasteiger partial charge in [0, 0.05) is 6.54 Å². The summed E-state index contributed by atoms with van der Waals surface area (Å²) in [5, 5.41) is 2.92. The number of sulfone groups is 1. The van der Waals surface area contributed by atoms with Crippen LogP contribution in [0, 0.1) is 5.92 Å². The van der Waals surface area contributed by atoms with Gasteiger partial charge in [0.15, 0.2) is 0 Å². The Morgan fingerprint density at radius 2 is 2.00 bits per heavy atom. The van der Waals surface area contributed by atoms with E-state index in [-0.39, 0.29) is 16.0 Å². The van der Waals surface area contributed by atoms with E-state index in [1.54, 1.807) is 6.92 Å². The molecule has 1 N–H and O–H groups in total. The van der Waals surface area contributed by atoms with Crippen LogP contribution in [-0.2, 0) is 9.84 Å². The first-order chi connectivity index (χ1) is 10.0.